The van der Waals surface area contributed by atoms with Gasteiger partial charge in [0.05, 0.1) is 4.34 Å². The highest BCUT2D eigenvalue weighted by Crippen LogP contribution is 2.23. The summed E-state index contributed by atoms with van der Waals surface area (Å²) in [5, 5.41) is 1.95. The van der Waals surface area contributed by atoms with Crippen LogP contribution in [-0.4, -0.2) is 0 Å². The number of rotatable bonds is 0. The minimum absolute atomic E-state index is 0. The van der Waals surface area contributed by atoms with Gasteiger partial charge in [-0.15, -0.1) is 11.3 Å². The molecular weight excluding hydrogens is 209 g/mol. The van der Waals surface area contributed by atoms with Gasteiger partial charge < -0.3 is 6.15 Å². The minimum atomic E-state index is 0. The van der Waals surface area contributed by atoms with Crippen molar-refractivity contribution in [2.24, 2.45) is 0 Å². The molecule has 1 heterocycles. The topological polar surface area (TPSA) is 35.0 Å². The molecule has 8 heavy (non-hydrogen) atoms. The van der Waals surface area contributed by atoms with Crippen molar-refractivity contribution in [2.75, 3.05) is 0 Å². The lowest BCUT2D eigenvalue weighted by atomic mass is 10.7. The minimum Gasteiger partial charge on any atom is -0.344 e. The van der Waals surface area contributed by atoms with Crippen LogP contribution >= 0.6 is 38.9 Å². The van der Waals surface area contributed by atoms with E-state index in [0.717, 1.165) is 8.81 Å². The van der Waals surface area contributed by atoms with Gasteiger partial charge in [0, 0.05) is 9.85 Å². The first-order chi connectivity index (χ1) is 3.29. The molecule has 1 aromatic rings. The average molecular weight is 215 g/mol. The van der Waals surface area contributed by atoms with Gasteiger partial charge >= 0.3 is 0 Å². The van der Waals surface area contributed by atoms with Gasteiger partial charge in [0.2, 0.25) is 0 Å². The van der Waals surface area contributed by atoms with Crippen molar-refractivity contribution in [2.45, 2.75) is 0 Å². The van der Waals surface area contributed by atoms with Crippen molar-refractivity contribution in [1.29, 1.82) is 0 Å². The van der Waals surface area contributed by atoms with Gasteiger partial charge in [-0.1, -0.05) is 11.6 Å². The van der Waals surface area contributed by atoms with Gasteiger partial charge in [-0.25, -0.2) is 0 Å². The first-order valence-corrected chi connectivity index (χ1v) is 3.73. The normalized spacial score (nSPS) is 8.25. The van der Waals surface area contributed by atoms with E-state index in [1.807, 2.05) is 11.4 Å². The zero-order valence-electron chi connectivity index (χ0n) is 4.03. The van der Waals surface area contributed by atoms with Crippen LogP contribution in [0.25, 0.3) is 0 Å². The molecule has 1 aromatic heterocycles. The highest BCUT2D eigenvalue weighted by atomic mass is 79.9. The first kappa shape index (κ1) is 8.43. The van der Waals surface area contributed by atoms with Crippen LogP contribution in [0.4, 0.5) is 0 Å². The molecule has 0 bridgehead atoms. The van der Waals surface area contributed by atoms with Crippen molar-refractivity contribution >= 4 is 38.9 Å². The Morgan fingerprint density at radius 3 is 2.38 bits per heavy atom. The zero-order valence-corrected chi connectivity index (χ0v) is 7.18. The monoisotopic (exact) mass is 213 g/mol. The summed E-state index contributed by atoms with van der Waals surface area (Å²) in [6.07, 6.45) is 0. The van der Waals surface area contributed by atoms with Crippen molar-refractivity contribution in [3.8, 4) is 0 Å². The molecule has 0 unspecified atom stereocenters. The van der Waals surface area contributed by atoms with E-state index >= 15 is 0 Å². The van der Waals surface area contributed by atoms with Crippen LogP contribution in [0.1, 0.15) is 0 Å². The highest BCUT2D eigenvalue weighted by Gasteiger charge is 1.88. The molecule has 0 amide bonds. The van der Waals surface area contributed by atoms with E-state index in [1.165, 1.54) is 11.3 Å². The van der Waals surface area contributed by atoms with Crippen LogP contribution in [0.2, 0.25) is 4.34 Å². The lowest BCUT2D eigenvalue weighted by Crippen LogP contribution is -1.38. The summed E-state index contributed by atoms with van der Waals surface area (Å²) < 4.78 is 1.88. The molecule has 0 aliphatic carbocycles. The Morgan fingerprint density at radius 2 is 2.25 bits per heavy atom. The quantitative estimate of drug-likeness (QED) is 0.706. The van der Waals surface area contributed by atoms with E-state index in [9.17, 15) is 0 Å². The third-order valence-corrected chi connectivity index (χ3v) is 2.39. The van der Waals surface area contributed by atoms with Gasteiger partial charge in [0.15, 0.2) is 0 Å². The Morgan fingerprint density at radius 1 is 1.62 bits per heavy atom. The molecule has 0 saturated heterocycles. The standard InChI is InChI=1S/C4H2BrClS.H3N/c5-3-1-4(6)7-2-3;/h1-2H;1H3. The van der Waals surface area contributed by atoms with E-state index in [0.29, 0.717) is 0 Å². The van der Waals surface area contributed by atoms with E-state index in [4.69, 9.17) is 11.6 Å². The molecule has 1 nitrogen and oxygen atoms in total. The zero-order chi connectivity index (χ0) is 5.28. The molecule has 3 N–H and O–H groups in total. The van der Waals surface area contributed by atoms with E-state index in [2.05, 4.69) is 15.9 Å². The third kappa shape index (κ3) is 2.13. The smallest absolute Gasteiger partial charge is 0.0939 e. The number of hydrogen-bond donors (Lipinski definition) is 1. The second kappa shape index (κ2) is 3.45. The Bertz CT molecular complexity index is 148. The fourth-order valence-electron chi connectivity index (χ4n) is 0.289. The fraction of sp³-hybridized carbons (Fsp3) is 0. The van der Waals surface area contributed by atoms with Crippen LogP contribution < -0.4 is 6.15 Å². The third-order valence-electron chi connectivity index (χ3n) is 0.535. The van der Waals surface area contributed by atoms with E-state index in [1.54, 1.807) is 0 Å². The molecular formula is C4H5BrClNS. The highest BCUT2D eigenvalue weighted by molar-refractivity contribution is 9.10. The molecule has 0 fully saturated rings. The van der Waals surface area contributed by atoms with Crippen LogP contribution in [0.5, 0.6) is 0 Å². The SMILES string of the molecule is Clc1cc(Br)cs1.N. The number of halogens is 2. The molecule has 0 radical (unpaired) electrons. The van der Waals surface area contributed by atoms with Crippen molar-refractivity contribution in [3.05, 3.63) is 20.3 Å². The fourth-order valence-corrected chi connectivity index (χ4v) is 1.82. The predicted octanol–water partition coefficient (Wildman–Crippen LogP) is 3.33. The molecule has 0 aliphatic rings. The summed E-state index contributed by atoms with van der Waals surface area (Å²) in [4.78, 5) is 0. The molecule has 0 aliphatic heterocycles. The lowest BCUT2D eigenvalue weighted by Gasteiger charge is -1.66. The number of thiophene rings is 1. The van der Waals surface area contributed by atoms with Crippen molar-refractivity contribution in [1.82, 2.24) is 6.15 Å². The van der Waals surface area contributed by atoms with Crippen LogP contribution in [-0.2, 0) is 0 Å². The van der Waals surface area contributed by atoms with Crippen LogP contribution in [0.15, 0.2) is 15.9 Å². The molecule has 0 saturated carbocycles. The van der Waals surface area contributed by atoms with Gasteiger partial charge in [-0.3, -0.25) is 0 Å². The van der Waals surface area contributed by atoms with Crippen molar-refractivity contribution < 1.29 is 0 Å². The van der Waals surface area contributed by atoms with Gasteiger partial charge in [0.1, 0.15) is 0 Å². The van der Waals surface area contributed by atoms with Gasteiger partial charge in [-0.05, 0) is 22.0 Å². The molecule has 1 rings (SSSR count). The maximum absolute atomic E-state index is 5.55. The first-order valence-electron chi connectivity index (χ1n) is 1.68. The Labute approximate surface area is 65.4 Å². The maximum atomic E-state index is 5.55. The van der Waals surface area contributed by atoms with Crippen LogP contribution in [0, 0.1) is 0 Å². The summed E-state index contributed by atoms with van der Waals surface area (Å²) >= 11 is 10.3. The van der Waals surface area contributed by atoms with Gasteiger partial charge in [-0.2, -0.15) is 0 Å². The molecule has 46 valence electrons. The summed E-state index contributed by atoms with van der Waals surface area (Å²) in [5.41, 5.74) is 0. The van der Waals surface area contributed by atoms with E-state index < -0.39 is 0 Å². The Kier molecular flexibility index (Phi) is 3.64. The summed E-state index contributed by atoms with van der Waals surface area (Å²) in [5.74, 6) is 0. The Hall–Kier alpha value is 0.430. The second-order valence-electron chi connectivity index (χ2n) is 1.07. The van der Waals surface area contributed by atoms with Crippen molar-refractivity contribution in [3.63, 3.8) is 0 Å². The maximum Gasteiger partial charge on any atom is 0.0939 e. The Balaban J connectivity index is 0.000000490. The average Bonchev–Trinajstić information content (AvgIpc) is 1.87. The molecule has 4 heteroatoms. The van der Waals surface area contributed by atoms with Crippen LogP contribution in [0.3, 0.4) is 0 Å². The predicted molar refractivity (Wildman–Crippen MR) is 42.1 cm³/mol. The summed E-state index contributed by atoms with van der Waals surface area (Å²) in [6.45, 7) is 0. The van der Waals surface area contributed by atoms with Gasteiger partial charge in [0.25, 0.3) is 0 Å². The largest absolute Gasteiger partial charge is 0.344 e. The lowest BCUT2D eigenvalue weighted by molar-refractivity contribution is 1.90. The molecule has 0 atom stereocenters. The second-order valence-corrected chi connectivity index (χ2v) is 3.53. The molecule has 0 aromatic carbocycles. The summed E-state index contributed by atoms with van der Waals surface area (Å²) in [7, 11) is 0. The van der Waals surface area contributed by atoms with E-state index in [-0.39, 0.29) is 6.15 Å². The molecule has 0 spiro atoms. The summed E-state index contributed by atoms with van der Waals surface area (Å²) in [6, 6.07) is 1.87. The number of hydrogen-bond acceptors (Lipinski definition) is 2.